The van der Waals surface area contributed by atoms with Crippen molar-refractivity contribution in [2.75, 3.05) is 32.7 Å². The fraction of sp³-hybridized carbons (Fsp3) is 0.172. The summed E-state index contributed by atoms with van der Waals surface area (Å²) >= 11 is 0. The average Bonchev–Trinajstić information content (AvgIpc) is 2.93. The second kappa shape index (κ2) is 10.5. The lowest BCUT2D eigenvalue weighted by molar-refractivity contribution is 0.0907. The van der Waals surface area contributed by atoms with Gasteiger partial charge in [-0.2, -0.15) is 0 Å². The summed E-state index contributed by atoms with van der Waals surface area (Å²) in [5, 5.41) is 0. The Bertz CT molecular complexity index is 1470. The lowest BCUT2D eigenvalue weighted by Crippen LogP contribution is -2.49. The number of nitrogens with one attached hydrogen (secondary N) is 1. The Balaban J connectivity index is 1.39. The van der Waals surface area contributed by atoms with E-state index in [2.05, 4.69) is 21.8 Å². The van der Waals surface area contributed by atoms with Crippen LogP contribution in [0.15, 0.2) is 107 Å². The molecule has 37 heavy (non-hydrogen) atoms. The number of rotatable bonds is 7. The molecular formula is C29H27N3O4S. The second-order valence-corrected chi connectivity index (χ2v) is 10.6. The van der Waals surface area contributed by atoms with Crippen LogP contribution in [0, 0.1) is 0 Å². The fourth-order valence-corrected chi connectivity index (χ4v) is 5.70. The molecule has 1 N–H and O–H groups in total. The molecule has 1 fully saturated rings. The van der Waals surface area contributed by atoms with E-state index >= 15 is 0 Å². The van der Waals surface area contributed by atoms with Gasteiger partial charge in [0.1, 0.15) is 11.4 Å². The van der Waals surface area contributed by atoms with Gasteiger partial charge in [0.05, 0.1) is 4.90 Å². The first-order chi connectivity index (χ1) is 17.9. The molecule has 1 aliphatic carbocycles. The van der Waals surface area contributed by atoms with Gasteiger partial charge in [-0.1, -0.05) is 84.9 Å². The Morgan fingerprint density at radius 3 is 1.95 bits per heavy atom. The average molecular weight is 514 g/mol. The molecule has 1 saturated heterocycles. The van der Waals surface area contributed by atoms with Gasteiger partial charge in [-0.05, 0) is 17.7 Å². The minimum absolute atomic E-state index is 0.0241. The first-order valence-corrected chi connectivity index (χ1v) is 13.6. The van der Waals surface area contributed by atoms with Crippen LogP contribution in [0.2, 0.25) is 0 Å². The van der Waals surface area contributed by atoms with Gasteiger partial charge in [-0.15, -0.1) is 0 Å². The number of fused-ring (bicyclic) bond motifs is 1. The van der Waals surface area contributed by atoms with E-state index in [1.165, 1.54) is 12.1 Å². The number of Topliss-reactive ketones (excluding diaryl/α,β-unsaturated/α-hetero) is 2. The maximum atomic E-state index is 13.6. The molecule has 0 bridgehead atoms. The van der Waals surface area contributed by atoms with Crippen molar-refractivity contribution in [1.82, 2.24) is 14.5 Å². The van der Waals surface area contributed by atoms with E-state index in [1.54, 1.807) is 42.5 Å². The van der Waals surface area contributed by atoms with Gasteiger partial charge in [0.25, 0.3) is 10.0 Å². The van der Waals surface area contributed by atoms with Crippen LogP contribution in [-0.4, -0.2) is 62.5 Å². The molecule has 8 heteroatoms. The first kappa shape index (κ1) is 24.7. The number of nitrogens with zero attached hydrogens (tertiary/aromatic N) is 2. The molecule has 0 spiro atoms. The van der Waals surface area contributed by atoms with Crippen molar-refractivity contribution in [2.45, 2.75) is 4.90 Å². The van der Waals surface area contributed by atoms with Crippen LogP contribution in [0.3, 0.4) is 0 Å². The Labute approximate surface area is 216 Å². The topological polar surface area (TPSA) is 86.8 Å². The number of ketones is 2. The third-order valence-electron chi connectivity index (χ3n) is 6.55. The SMILES string of the molecule is O=C1C(NS(=O)(=O)c2ccccc2)=C(N2CCN(CC=Cc3ccccc3)CC2)C(=O)c2ccccc21. The minimum atomic E-state index is -4.07. The van der Waals surface area contributed by atoms with Gasteiger partial charge in [0.2, 0.25) is 11.6 Å². The highest BCUT2D eigenvalue weighted by atomic mass is 32.2. The Kier molecular flexibility index (Phi) is 7.03. The zero-order chi connectivity index (χ0) is 25.8. The molecule has 3 aromatic rings. The van der Waals surface area contributed by atoms with Gasteiger partial charge in [-0.25, -0.2) is 8.42 Å². The van der Waals surface area contributed by atoms with Gasteiger partial charge in [0, 0.05) is 43.9 Å². The molecule has 7 nitrogen and oxygen atoms in total. The van der Waals surface area contributed by atoms with Crippen LogP contribution in [-0.2, 0) is 10.0 Å². The number of allylic oxidation sites excluding steroid dienone is 2. The van der Waals surface area contributed by atoms with Crippen molar-refractivity contribution in [2.24, 2.45) is 0 Å². The third-order valence-corrected chi connectivity index (χ3v) is 7.91. The van der Waals surface area contributed by atoms with E-state index in [-0.39, 0.29) is 27.6 Å². The van der Waals surface area contributed by atoms with Crippen LogP contribution in [0.5, 0.6) is 0 Å². The maximum Gasteiger partial charge on any atom is 0.262 e. The predicted molar refractivity (Wildman–Crippen MR) is 142 cm³/mol. The smallest absolute Gasteiger partial charge is 0.262 e. The molecule has 5 rings (SSSR count). The highest BCUT2D eigenvalue weighted by molar-refractivity contribution is 7.89. The molecule has 1 aliphatic heterocycles. The monoisotopic (exact) mass is 513 g/mol. The van der Waals surface area contributed by atoms with Gasteiger partial charge in [-0.3, -0.25) is 19.2 Å². The Morgan fingerprint density at radius 2 is 1.30 bits per heavy atom. The minimum Gasteiger partial charge on any atom is -0.364 e. The molecular weight excluding hydrogens is 486 g/mol. The quantitative estimate of drug-likeness (QED) is 0.520. The van der Waals surface area contributed by atoms with Crippen molar-refractivity contribution in [3.8, 4) is 0 Å². The molecule has 0 radical (unpaired) electrons. The molecule has 2 aliphatic rings. The molecule has 0 unspecified atom stereocenters. The predicted octanol–water partition coefficient (Wildman–Crippen LogP) is 3.59. The highest BCUT2D eigenvalue weighted by Gasteiger charge is 2.38. The van der Waals surface area contributed by atoms with Crippen LogP contribution in [0.25, 0.3) is 6.08 Å². The van der Waals surface area contributed by atoms with Crippen LogP contribution < -0.4 is 4.72 Å². The maximum absolute atomic E-state index is 13.6. The molecule has 3 aromatic carbocycles. The fourth-order valence-electron chi connectivity index (χ4n) is 4.61. The van der Waals surface area contributed by atoms with Crippen LogP contribution in [0.4, 0.5) is 0 Å². The lowest BCUT2D eigenvalue weighted by atomic mass is 9.90. The number of sulfonamides is 1. The molecule has 0 saturated carbocycles. The standard InChI is InChI=1S/C29H27N3O4S/c33-28-24-15-7-8-16-25(24)29(34)27(26(28)30-37(35,36)23-13-5-2-6-14-23)32-20-18-31(19-21-32)17-9-12-22-10-3-1-4-11-22/h1-16,30H,17-21H2. The van der Waals surface area contributed by atoms with Gasteiger partial charge >= 0.3 is 0 Å². The molecule has 0 aromatic heterocycles. The van der Waals surface area contributed by atoms with E-state index in [4.69, 9.17) is 0 Å². The normalized spacial score (nSPS) is 16.8. The summed E-state index contributed by atoms with van der Waals surface area (Å²) in [6.45, 7) is 3.08. The number of piperazine rings is 1. The van der Waals surface area contributed by atoms with E-state index in [0.717, 1.165) is 12.1 Å². The summed E-state index contributed by atoms with van der Waals surface area (Å²) in [6, 6.07) is 24.4. The van der Waals surface area contributed by atoms with Gasteiger partial charge < -0.3 is 4.90 Å². The number of hydrogen-bond acceptors (Lipinski definition) is 6. The molecule has 1 heterocycles. The van der Waals surface area contributed by atoms with Crippen molar-refractivity contribution in [1.29, 1.82) is 0 Å². The van der Waals surface area contributed by atoms with Crippen LogP contribution in [0.1, 0.15) is 26.3 Å². The third kappa shape index (κ3) is 5.26. The first-order valence-electron chi connectivity index (χ1n) is 12.1. The number of carbonyl (C=O) groups is 2. The van der Waals surface area contributed by atoms with Gasteiger partial charge in [0.15, 0.2) is 0 Å². The number of hydrogen-bond donors (Lipinski definition) is 1. The Morgan fingerprint density at radius 1 is 0.730 bits per heavy atom. The molecule has 188 valence electrons. The zero-order valence-electron chi connectivity index (χ0n) is 20.2. The summed E-state index contributed by atoms with van der Waals surface area (Å²) in [7, 11) is -4.07. The summed E-state index contributed by atoms with van der Waals surface area (Å²) in [6.07, 6.45) is 4.18. The summed E-state index contributed by atoms with van der Waals surface area (Å²) in [5.41, 5.74) is 1.55. The number of carbonyl (C=O) groups excluding carboxylic acids is 2. The highest BCUT2D eigenvalue weighted by Crippen LogP contribution is 2.29. The number of benzene rings is 3. The van der Waals surface area contributed by atoms with Crippen molar-refractivity contribution in [3.63, 3.8) is 0 Å². The molecule has 0 atom stereocenters. The summed E-state index contributed by atoms with van der Waals surface area (Å²) in [5.74, 6) is -0.851. The van der Waals surface area contributed by atoms with Crippen molar-refractivity contribution in [3.05, 3.63) is 119 Å². The second-order valence-electron chi connectivity index (χ2n) is 8.95. The summed E-state index contributed by atoms with van der Waals surface area (Å²) in [4.78, 5) is 31.2. The van der Waals surface area contributed by atoms with Crippen LogP contribution >= 0.6 is 0 Å². The van der Waals surface area contributed by atoms with E-state index in [0.29, 0.717) is 31.7 Å². The Hall–Kier alpha value is -4.01. The van der Waals surface area contributed by atoms with E-state index in [1.807, 2.05) is 35.2 Å². The van der Waals surface area contributed by atoms with E-state index < -0.39 is 15.8 Å². The summed E-state index contributed by atoms with van der Waals surface area (Å²) < 4.78 is 28.7. The lowest BCUT2D eigenvalue weighted by Gasteiger charge is -2.38. The zero-order valence-corrected chi connectivity index (χ0v) is 21.0. The largest absolute Gasteiger partial charge is 0.364 e. The van der Waals surface area contributed by atoms with Crippen molar-refractivity contribution < 1.29 is 18.0 Å². The molecule has 0 amide bonds. The van der Waals surface area contributed by atoms with Crippen molar-refractivity contribution >= 4 is 27.7 Å². The van der Waals surface area contributed by atoms with E-state index in [9.17, 15) is 18.0 Å².